The summed E-state index contributed by atoms with van der Waals surface area (Å²) in [5.41, 5.74) is 0.503. The number of imide groups is 2. The first-order valence-corrected chi connectivity index (χ1v) is 10.5. The lowest BCUT2D eigenvalue weighted by Gasteiger charge is -2.42. The number of benzene rings is 1. The third-order valence-electron chi connectivity index (χ3n) is 6.56. The second-order valence-corrected chi connectivity index (χ2v) is 8.39. The van der Waals surface area contributed by atoms with Crippen LogP contribution in [0, 0.1) is 0 Å². The molecular formula is C21H22N6O6. The Balaban J connectivity index is 1.45. The van der Waals surface area contributed by atoms with Crippen LogP contribution in [0.5, 0.6) is 0 Å². The number of likely N-dealkylation sites (N-methyl/N-ethyl adjacent to an activating group) is 1. The number of amides is 4. The van der Waals surface area contributed by atoms with Crippen LogP contribution < -0.4 is 5.32 Å². The molecule has 2 unspecified atom stereocenters. The lowest BCUT2D eigenvalue weighted by atomic mass is 9.95. The van der Waals surface area contributed by atoms with Gasteiger partial charge in [-0.15, -0.1) is 5.10 Å². The van der Waals surface area contributed by atoms with Crippen LogP contribution in [0.15, 0.2) is 24.4 Å². The average Bonchev–Trinajstić information content (AvgIpc) is 3.39. The molecule has 12 heteroatoms. The van der Waals surface area contributed by atoms with Gasteiger partial charge in [-0.05, 0) is 31.7 Å². The van der Waals surface area contributed by atoms with Crippen LogP contribution >= 0.6 is 0 Å². The fraction of sp³-hybridized carbons (Fsp3) is 0.429. The maximum absolute atomic E-state index is 13.0. The zero-order chi connectivity index (χ0) is 23.3. The number of carbonyl (C=O) groups excluding carboxylic acids is 4. The van der Waals surface area contributed by atoms with Gasteiger partial charge in [0.2, 0.25) is 11.8 Å². The highest BCUT2D eigenvalue weighted by Gasteiger charge is 2.45. The minimum absolute atomic E-state index is 0.0571. The Morgan fingerprint density at radius 3 is 2.73 bits per heavy atom. The van der Waals surface area contributed by atoms with E-state index in [0.29, 0.717) is 24.5 Å². The van der Waals surface area contributed by atoms with Gasteiger partial charge < -0.3 is 9.84 Å². The molecule has 2 aromatic rings. The molecule has 4 heterocycles. The average molecular weight is 454 g/mol. The van der Waals surface area contributed by atoms with E-state index in [1.807, 2.05) is 11.9 Å². The zero-order valence-corrected chi connectivity index (χ0v) is 17.9. The van der Waals surface area contributed by atoms with Crippen LogP contribution in [0.4, 0.5) is 0 Å². The summed E-state index contributed by atoms with van der Waals surface area (Å²) < 4.78 is 7.03. The summed E-state index contributed by atoms with van der Waals surface area (Å²) in [5.74, 6) is -2.25. The molecule has 2 N–H and O–H groups in total. The number of aromatic nitrogens is 3. The Labute approximate surface area is 188 Å². The first kappa shape index (κ1) is 21.4. The molecule has 3 aliphatic rings. The summed E-state index contributed by atoms with van der Waals surface area (Å²) in [6.07, 6.45) is 1.80. The molecule has 0 spiro atoms. The van der Waals surface area contributed by atoms with E-state index in [9.17, 15) is 24.3 Å². The fourth-order valence-electron chi connectivity index (χ4n) is 4.49. The number of aliphatic hydroxyl groups is 1. The summed E-state index contributed by atoms with van der Waals surface area (Å²) in [6, 6.07) is 3.63. The molecule has 33 heavy (non-hydrogen) atoms. The van der Waals surface area contributed by atoms with Crippen molar-refractivity contribution < 1.29 is 29.0 Å². The summed E-state index contributed by atoms with van der Waals surface area (Å²) in [6.45, 7) is 1.23. The lowest BCUT2D eigenvalue weighted by molar-refractivity contribution is -0.136. The minimum Gasteiger partial charge on any atom is -0.394 e. The highest BCUT2D eigenvalue weighted by molar-refractivity contribution is 6.23. The summed E-state index contributed by atoms with van der Waals surface area (Å²) in [7, 11) is 1.88. The third-order valence-corrected chi connectivity index (χ3v) is 6.56. The highest BCUT2D eigenvalue weighted by atomic mass is 16.5. The van der Waals surface area contributed by atoms with Gasteiger partial charge in [0.1, 0.15) is 17.3 Å². The Morgan fingerprint density at radius 2 is 2.00 bits per heavy atom. The first-order valence-electron chi connectivity index (χ1n) is 10.5. The van der Waals surface area contributed by atoms with Gasteiger partial charge >= 0.3 is 0 Å². The minimum atomic E-state index is -1.03. The highest BCUT2D eigenvalue weighted by Crippen LogP contribution is 2.31. The van der Waals surface area contributed by atoms with Gasteiger partial charge in [0.25, 0.3) is 11.8 Å². The van der Waals surface area contributed by atoms with Gasteiger partial charge in [0.05, 0.1) is 42.8 Å². The summed E-state index contributed by atoms with van der Waals surface area (Å²) in [4.78, 5) is 52.5. The van der Waals surface area contributed by atoms with Crippen molar-refractivity contribution in [2.75, 3.05) is 33.4 Å². The van der Waals surface area contributed by atoms with Crippen LogP contribution in [0.1, 0.15) is 39.3 Å². The van der Waals surface area contributed by atoms with Crippen LogP contribution in [0.3, 0.4) is 0 Å². The molecule has 2 atom stereocenters. The predicted octanol–water partition coefficient (Wildman–Crippen LogP) is -1.18. The van der Waals surface area contributed by atoms with E-state index in [1.54, 1.807) is 12.3 Å². The first-order chi connectivity index (χ1) is 15.9. The van der Waals surface area contributed by atoms with E-state index in [-0.39, 0.29) is 37.2 Å². The Kier molecular flexibility index (Phi) is 5.07. The molecule has 3 aliphatic heterocycles. The van der Waals surface area contributed by atoms with E-state index < -0.39 is 35.2 Å². The predicted molar refractivity (Wildman–Crippen MR) is 110 cm³/mol. The quantitative estimate of drug-likeness (QED) is 0.545. The molecule has 0 bridgehead atoms. The van der Waals surface area contributed by atoms with Crippen molar-refractivity contribution in [2.24, 2.45) is 0 Å². The SMILES string of the molecule is CN1CCOCC1(CO)c1cn(-c2ccc3c(c2)C(=O)N(C2CCC(=O)NC2=O)C3=O)nn1. The fourth-order valence-corrected chi connectivity index (χ4v) is 4.49. The molecule has 2 fully saturated rings. The normalized spacial score (nSPS) is 26.0. The molecule has 0 saturated carbocycles. The van der Waals surface area contributed by atoms with Gasteiger partial charge in [-0.3, -0.25) is 34.3 Å². The smallest absolute Gasteiger partial charge is 0.262 e. The zero-order valence-electron chi connectivity index (χ0n) is 17.9. The molecule has 4 amide bonds. The van der Waals surface area contributed by atoms with Crippen molar-refractivity contribution in [1.29, 1.82) is 0 Å². The molecule has 12 nitrogen and oxygen atoms in total. The van der Waals surface area contributed by atoms with Crippen molar-refractivity contribution in [1.82, 2.24) is 30.1 Å². The van der Waals surface area contributed by atoms with Crippen molar-refractivity contribution in [3.05, 3.63) is 41.2 Å². The number of nitrogens with one attached hydrogen (secondary N) is 1. The number of aliphatic hydroxyl groups excluding tert-OH is 1. The van der Waals surface area contributed by atoms with E-state index in [0.717, 1.165) is 4.90 Å². The standard InChI is InChI=1S/C21H22N6O6/c1-25-6-7-33-11-21(25,10-28)16-9-26(24-23-16)12-2-3-13-14(8-12)20(32)27(19(13)31)15-4-5-17(29)22-18(15)30/h2-3,8-9,15,28H,4-7,10-11H2,1H3,(H,22,29,30). The number of hydrogen-bond donors (Lipinski definition) is 2. The second kappa shape index (κ2) is 7.83. The molecule has 172 valence electrons. The van der Waals surface area contributed by atoms with E-state index in [2.05, 4.69) is 15.6 Å². The number of fused-ring (bicyclic) bond motifs is 1. The Morgan fingerprint density at radius 1 is 1.21 bits per heavy atom. The van der Waals surface area contributed by atoms with Gasteiger partial charge in [-0.1, -0.05) is 5.21 Å². The summed E-state index contributed by atoms with van der Waals surface area (Å²) >= 11 is 0. The second-order valence-electron chi connectivity index (χ2n) is 8.39. The number of hydrogen-bond acceptors (Lipinski definition) is 9. The topological polar surface area (TPSA) is 147 Å². The maximum atomic E-state index is 13.0. The van der Waals surface area contributed by atoms with Gasteiger partial charge in [0.15, 0.2) is 0 Å². The number of piperidine rings is 1. The van der Waals surface area contributed by atoms with Crippen LogP contribution in [0.2, 0.25) is 0 Å². The third kappa shape index (κ3) is 3.25. The van der Waals surface area contributed by atoms with E-state index in [4.69, 9.17) is 4.74 Å². The van der Waals surface area contributed by atoms with Gasteiger partial charge in [-0.25, -0.2) is 4.68 Å². The maximum Gasteiger partial charge on any atom is 0.262 e. The van der Waals surface area contributed by atoms with Crippen molar-refractivity contribution in [3.8, 4) is 5.69 Å². The van der Waals surface area contributed by atoms with Crippen molar-refractivity contribution >= 4 is 23.6 Å². The number of morpholine rings is 1. The lowest BCUT2D eigenvalue weighted by Crippen LogP contribution is -2.55. The Hall–Kier alpha value is -3.48. The molecular weight excluding hydrogens is 432 g/mol. The number of nitrogens with zero attached hydrogens (tertiary/aromatic N) is 5. The molecule has 5 rings (SSSR count). The molecule has 0 aliphatic carbocycles. The van der Waals surface area contributed by atoms with E-state index >= 15 is 0 Å². The van der Waals surface area contributed by atoms with E-state index in [1.165, 1.54) is 16.8 Å². The van der Waals surface area contributed by atoms with Crippen LogP contribution in [-0.4, -0.2) is 93.0 Å². The molecule has 1 aromatic heterocycles. The monoisotopic (exact) mass is 454 g/mol. The number of ether oxygens (including phenoxy) is 1. The Bertz CT molecular complexity index is 1180. The van der Waals surface area contributed by atoms with Crippen LogP contribution in [-0.2, 0) is 19.9 Å². The molecule has 1 aromatic carbocycles. The largest absolute Gasteiger partial charge is 0.394 e. The van der Waals surface area contributed by atoms with Gasteiger partial charge in [0, 0.05) is 13.0 Å². The van der Waals surface area contributed by atoms with Crippen molar-refractivity contribution in [3.63, 3.8) is 0 Å². The number of rotatable bonds is 4. The summed E-state index contributed by atoms with van der Waals surface area (Å²) in [5, 5.41) is 20.6. The molecule has 2 saturated heterocycles. The van der Waals surface area contributed by atoms with Gasteiger partial charge in [-0.2, -0.15) is 0 Å². The number of carbonyl (C=O) groups is 4. The molecule has 0 radical (unpaired) electrons. The van der Waals surface area contributed by atoms with Crippen LogP contribution in [0.25, 0.3) is 5.69 Å². The van der Waals surface area contributed by atoms with Crippen molar-refractivity contribution in [2.45, 2.75) is 24.4 Å².